The van der Waals surface area contributed by atoms with Gasteiger partial charge in [-0.05, 0) is 0 Å². The molecule has 0 saturated carbocycles. The number of nitrogens with two attached hydrogens (primary N) is 1. The van der Waals surface area contributed by atoms with Gasteiger partial charge in [0.05, 0.1) is 16.6 Å². The molecule has 2 aromatic heterocycles. The number of benzene rings is 1. The molecule has 5 heteroatoms. The molecule has 0 bridgehead atoms. The van der Waals surface area contributed by atoms with Crippen LogP contribution in [0.3, 0.4) is 0 Å². The molecule has 0 saturated heterocycles. The molecule has 74 valence electrons. The molecule has 0 fully saturated rings. The predicted octanol–water partition coefficient (Wildman–Crippen LogP) is 2.27. The predicted molar refractivity (Wildman–Crippen MR) is 61.6 cm³/mol. The molecular weight excluding hydrogens is 208 g/mol. The first-order valence-corrected chi connectivity index (χ1v) is 5.30. The van der Waals surface area contributed by atoms with Crippen molar-refractivity contribution >= 4 is 27.4 Å². The fourth-order valence-corrected chi connectivity index (χ4v) is 2.30. The van der Waals surface area contributed by atoms with Crippen LogP contribution < -0.4 is 5.73 Å². The summed E-state index contributed by atoms with van der Waals surface area (Å²) in [5, 5.41) is 8.69. The Balaban J connectivity index is 2.30. The zero-order chi connectivity index (χ0) is 10.3. The van der Waals surface area contributed by atoms with Crippen molar-refractivity contribution in [2.24, 2.45) is 0 Å². The van der Waals surface area contributed by atoms with Gasteiger partial charge in [0, 0.05) is 17.1 Å². The van der Waals surface area contributed by atoms with Crippen molar-refractivity contribution in [1.82, 2.24) is 15.2 Å². The number of hydrogen-bond acceptors (Lipinski definition) is 4. The van der Waals surface area contributed by atoms with Crippen LogP contribution in [0.1, 0.15) is 0 Å². The smallest absolute Gasteiger partial charge is 0.180 e. The Kier molecular flexibility index (Phi) is 1.72. The summed E-state index contributed by atoms with van der Waals surface area (Å²) in [6, 6.07) is 6.06. The molecular formula is C10H8N4S. The number of anilines is 1. The van der Waals surface area contributed by atoms with Crippen molar-refractivity contribution in [3.8, 4) is 10.4 Å². The van der Waals surface area contributed by atoms with E-state index in [1.807, 2.05) is 24.4 Å². The highest BCUT2D eigenvalue weighted by Gasteiger charge is 2.07. The maximum atomic E-state index is 5.62. The Morgan fingerprint density at radius 1 is 1.27 bits per heavy atom. The number of nitrogens with zero attached hydrogens (tertiary/aromatic N) is 2. The number of para-hydroxylation sites is 1. The average molecular weight is 216 g/mol. The van der Waals surface area contributed by atoms with Crippen molar-refractivity contribution in [1.29, 1.82) is 0 Å². The Labute approximate surface area is 89.8 Å². The van der Waals surface area contributed by atoms with Crippen LogP contribution in [0.2, 0.25) is 0 Å². The molecule has 0 spiro atoms. The van der Waals surface area contributed by atoms with E-state index in [9.17, 15) is 0 Å². The molecule has 0 unspecified atom stereocenters. The number of nitrogens with one attached hydrogen (secondary N) is 1. The fourth-order valence-electron chi connectivity index (χ4n) is 1.59. The maximum absolute atomic E-state index is 5.62. The van der Waals surface area contributed by atoms with E-state index in [0.717, 1.165) is 21.3 Å². The van der Waals surface area contributed by atoms with Crippen LogP contribution >= 0.6 is 11.3 Å². The lowest BCUT2D eigenvalue weighted by Crippen LogP contribution is -1.77. The summed E-state index contributed by atoms with van der Waals surface area (Å²) in [6.07, 6.45) is 3.60. The van der Waals surface area contributed by atoms with Gasteiger partial charge >= 0.3 is 0 Å². The van der Waals surface area contributed by atoms with Crippen molar-refractivity contribution in [2.45, 2.75) is 0 Å². The van der Waals surface area contributed by atoms with E-state index in [2.05, 4.69) is 15.2 Å². The van der Waals surface area contributed by atoms with Gasteiger partial charge < -0.3 is 5.73 Å². The largest absolute Gasteiger partial charge is 0.375 e. The molecule has 3 aromatic rings. The highest BCUT2D eigenvalue weighted by Crippen LogP contribution is 2.31. The van der Waals surface area contributed by atoms with E-state index in [0.29, 0.717) is 5.13 Å². The minimum atomic E-state index is 0.585. The van der Waals surface area contributed by atoms with Gasteiger partial charge in [-0.25, -0.2) is 4.98 Å². The number of fused-ring (bicyclic) bond motifs is 1. The Bertz CT molecular complexity index is 610. The molecule has 15 heavy (non-hydrogen) atoms. The van der Waals surface area contributed by atoms with E-state index in [-0.39, 0.29) is 0 Å². The van der Waals surface area contributed by atoms with Crippen molar-refractivity contribution in [2.75, 3.05) is 5.73 Å². The summed E-state index contributed by atoms with van der Waals surface area (Å²) in [4.78, 5) is 5.10. The number of H-pyrrole nitrogens is 1. The van der Waals surface area contributed by atoms with Gasteiger partial charge in [0.1, 0.15) is 0 Å². The van der Waals surface area contributed by atoms with Crippen LogP contribution in [0, 0.1) is 0 Å². The van der Waals surface area contributed by atoms with Crippen molar-refractivity contribution in [3.05, 3.63) is 30.6 Å². The first-order chi connectivity index (χ1) is 7.34. The first-order valence-electron chi connectivity index (χ1n) is 4.48. The standard InChI is InChI=1S/C10H8N4S/c11-10-12-5-8(15-10)7-3-1-2-6-4-13-14-9(6)7/h1-5H,(H2,11,12)(H,13,14). The number of aromatic nitrogens is 3. The molecule has 3 N–H and O–H groups in total. The van der Waals surface area contributed by atoms with Crippen molar-refractivity contribution < 1.29 is 0 Å². The third-order valence-corrected chi connectivity index (χ3v) is 3.13. The number of hydrogen-bond donors (Lipinski definition) is 2. The number of aromatic amines is 1. The monoisotopic (exact) mass is 216 g/mol. The van der Waals surface area contributed by atoms with Gasteiger partial charge in [-0.2, -0.15) is 5.10 Å². The van der Waals surface area contributed by atoms with Crippen LogP contribution in [0.15, 0.2) is 30.6 Å². The Morgan fingerprint density at radius 3 is 3.00 bits per heavy atom. The topological polar surface area (TPSA) is 67.6 Å². The fraction of sp³-hybridized carbons (Fsp3) is 0. The van der Waals surface area contributed by atoms with E-state index in [4.69, 9.17) is 5.73 Å². The summed E-state index contributed by atoms with van der Waals surface area (Å²) in [7, 11) is 0. The van der Waals surface area contributed by atoms with Crippen LogP contribution in [0.25, 0.3) is 21.3 Å². The van der Waals surface area contributed by atoms with Crippen LogP contribution in [-0.2, 0) is 0 Å². The maximum Gasteiger partial charge on any atom is 0.180 e. The summed E-state index contributed by atoms with van der Waals surface area (Å²) in [6.45, 7) is 0. The van der Waals surface area contributed by atoms with Gasteiger partial charge in [0.2, 0.25) is 0 Å². The molecule has 0 atom stereocenters. The van der Waals surface area contributed by atoms with Gasteiger partial charge in [0.15, 0.2) is 5.13 Å². The van der Waals surface area contributed by atoms with Crippen LogP contribution in [-0.4, -0.2) is 15.2 Å². The first kappa shape index (κ1) is 8.43. The number of thiazole rings is 1. The third-order valence-electron chi connectivity index (χ3n) is 2.27. The molecule has 0 radical (unpaired) electrons. The number of nitrogen functional groups attached to an aromatic ring is 1. The van der Waals surface area contributed by atoms with Gasteiger partial charge in [-0.3, -0.25) is 5.10 Å². The van der Waals surface area contributed by atoms with Crippen molar-refractivity contribution in [3.63, 3.8) is 0 Å². The van der Waals surface area contributed by atoms with Gasteiger partial charge in [-0.15, -0.1) is 0 Å². The second-order valence-corrected chi connectivity index (χ2v) is 4.26. The lowest BCUT2D eigenvalue weighted by molar-refractivity contribution is 1.12. The van der Waals surface area contributed by atoms with E-state index in [1.54, 1.807) is 6.20 Å². The summed E-state index contributed by atoms with van der Waals surface area (Å²) in [5.74, 6) is 0. The van der Waals surface area contributed by atoms with Gasteiger partial charge in [0.25, 0.3) is 0 Å². The van der Waals surface area contributed by atoms with E-state index >= 15 is 0 Å². The number of rotatable bonds is 1. The Morgan fingerprint density at radius 2 is 2.20 bits per heavy atom. The Hall–Kier alpha value is -1.88. The average Bonchev–Trinajstić information content (AvgIpc) is 2.84. The van der Waals surface area contributed by atoms with E-state index in [1.165, 1.54) is 11.3 Å². The molecule has 0 amide bonds. The molecule has 0 aliphatic heterocycles. The summed E-state index contributed by atoms with van der Waals surface area (Å²) >= 11 is 1.48. The second kappa shape index (κ2) is 3.06. The molecule has 4 nitrogen and oxygen atoms in total. The zero-order valence-corrected chi connectivity index (χ0v) is 8.58. The van der Waals surface area contributed by atoms with Gasteiger partial charge in [-0.1, -0.05) is 29.5 Å². The summed E-state index contributed by atoms with van der Waals surface area (Å²) < 4.78 is 0. The SMILES string of the molecule is Nc1ncc(-c2cccc3cn[nH]c23)s1. The van der Waals surface area contributed by atoms with E-state index < -0.39 is 0 Å². The van der Waals surface area contributed by atoms with Crippen LogP contribution in [0.5, 0.6) is 0 Å². The highest BCUT2D eigenvalue weighted by molar-refractivity contribution is 7.18. The summed E-state index contributed by atoms with van der Waals surface area (Å²) in [5.41, 5.74) is 7.74. The quantitative estimate of drug-likeness (QED) is 0.655. The molecule has 1 aromatic carbocycles. The molecule has 2 heterocycles. The zero-order valence-electron chi connectivity index (χ0n) is 7.77. The second-order valence-electron chi connectivity index (χ2n) is 3.20. The minimum Gasteiger partial charge on any atom is -0.375 e. The third kappa shape index (κ3) is 1.28. The lowest BCUT2D eigenvalue weighted by atomic mass is 10.1. The van der Waals surface area contributed by atoms with Crippen LogP contribution in [0.4, 0.5) is 5.13 Å². The molecule has 0 aliphatic rings. The lowest BCUT2D eigenvalue weighted by Gasteiger charge is -1.97. The minimum absolute atomic E-state index is 0.585. The molecule has 0 aliphatic carbocycles. The highest BCUT2D eigenvalue weighted by atomic mass is 32.1. The molecule has 3 rings (SSSR count). The normalized spacial score (nSPS) is 10.9.